The number of ether oxygens (including phenoxy) is 1. The molecule has 122 valence electrons. The van der Waals surface area contributed by atoms with Gasteiger partial charge in [-0.1, -0.05) is 24.3 Å². The number of halogens is 1. The van der Waals surface area contributed by atoms with Crippen LogP contribution in [0.3, 0.4) is 0 Å². The third-order valence-electron chi connectivity index (χ3n) is 3.13. The predicted molar refractivity (Wildman–Crippen MR) is 86.6 cm³/mol. The summed E-state index contributed by atoms with van der Waals surface area (Å²) in [5.41, 5.74) is 0.898. The molecule has 6 nitrogen and oxygen atoms in total. The highest BCUT2D eigenvalue weighted by Crippen LogP contribution is 2.21. The molecule has 0 spiro atoms. The summed E-state index contributed by atoms with van der Waals surface area (Å²) >= 11 is 1.30. The van der Waals surface area contributed by atoms with E-state index in [9.17, 15) is 9.18 Å². The summed E-state index contributed by atoms with van der Waals surface area (Å²) in [6.45, 7) is 0.168. The molecule has 1 heterocycles. The largest absolute Gasteiger partial charge is 0.461 e. The summed E-state index contributed by atoms with van der Waals surface area (Å²) in [4.78, 5) is 12.8. The van der Waals surface area contributed by atoms with Crippen molar-refractivity contribution in [2.24, 2.45) is 0 Å². The van der Waals surface area contributed by atoms with Crippen molar-refractivity contribution in [2.75, 3.05) is 12.4 Å². The number of tetrazole rings is 1. The molecule has 3 aromatic rings. The van der Waals surface area contributed by atoms with Crippen molar-refractivity contribution >= 4 is 17.7 Å². The van der Waals surface area contributed by atoms with Gasteiger partial charge in [0.05, 0.1) is 11.3 Å². The van der Waals surface area contributed by atoms with Gasteiger partial charge in [0.15, 0.2) is 0 Å². The van der Waals surface area contributed by atoms with E-state index >= 15 is 0 Å². The van der Waals surface area contributed by atoms with Crippen LogP contribution >= 0.6 is 11.8 Å². The zero-order valence-corrected chi connectivity index (χ0v) is 13.3. The lowest BCUT2D eigenvalue weighted by Crippen LogP contribution is -2.12. The minimum atomic E-state index is -0.477. The monoisotopic (exact) mass is 344 g/mol. The van der Waals surface area contributed by atoms with Gasteiger partial charge >= 0.3 is 5.97 Å². The molecule has 1 aromatic heterocycles. The van der Waals surface area contributed by atoms with Gasteiger partial charge < -0.3 is 4.74 Å². The first kappa shape index (κ1) is 16.1. The van der Waals surface area contributed by atoms with Crippen LogP contribution in [0.25, 0.3) is 5.69 Å². The van der Waals surface area contributed by atoms with Crippen LogP contribution in [0.1, 0.15) is 10.4 Å². The van der Waals surface area contributed by atoms with Crippen LogP contribution in [0.2, 0.25) is 0 Å². The minimum Gasteiger partial charge on any atom is -0.461 e. The van der Waals surface area contributed by atoms with Gasteiger partial charge in [-0.2, -0.15) is 4.68 Å². The molecule has 0 bridgehead atoms. The first-order valence-electron chi connectivity index (χ1n) is 7.12. The number of para-hydroxylation sites is 1. The van der Waals surface area contributed by atoms with E-state index in [1.54, 1.807) is 42.5 Å². The number of carbonyl (C=O) groups is 1. The lowest BCUT2D eigenvalue weighted by atomic mass is 10.2. The van der Waals surface area contributed by atoms with Gasteiger partial charge in [-0.3, -0.25) is 0 Å². The molecule has 0 fully saturated rings. The Morgan fingerprint density at radius 2 is 1.96 bits per heavy atom. The second-order valence-corrected chi connectivity index (χ2v) is 5.82. The van der Waals surface area contributed by atoms with Crippen molar-refractivity contribution in [3.63, 3.8) is 0 Å². The normalized spacial score (nSPS) is 10.5. The molecule has 0 radical (unpaired) electrons. The summed E-state index contributed by atoms with van der Waals surface area (Å²) < 4.78 is 20.2. The van der Waals surface area contributed by atoms with Crippen LogP contribution < -0.4 is 0 Å². The van der Waals surface area contributed by atoms with E-state index in [4.69, 9.17) is 4.74 Å². The van der Waals surface area contributed by atoms with E-state index < -0.39 is 5.97 Å². The molecular formula is C16H13FN4O2S. The van der Waals surface area contributed by atoms with Crippen molar-refractivity contribution in [3.8, 4) is 5.69 Å². The zero-order valence-electron chi connectivity index (χ0n) is 12.5. The second-order valence-electron chi connectivity index (χ2n) is 4.69. The third-order valence-corrected chi connectivity index (χ3v) is 4.14. The molecule has 0 atom stereocenters. The number of hydrogen-bond acceptors (Lipinski definition) is 6. The SMILES string of the molecule is O=C(OCCSc1ccccc1F)c1ccccc1-n1cnnn1. The highest BCUT2D eigenvalue weighted by Gasteiger charge is 2.14. The van der Waals surface area contributed by atoms with E-state index in [2.05, 4.69) is 15.5 Å². The van der Waals surface area contributed by atoms with Gasteiger partial charge in [0.1, 0.15) is 18.8 Å². The van der Waals surface area contributed by atoms with E-state index in [-0.39, 0.29) is 12.4 Å². The Morgan fingerprint density at radius 3 is 2.75 bits per heavy atom. The number of benzene rings is 2. The molecule has 0 saturated carbocycles. The van der Waals surface area contributed by atoms with E-state index in [0.29, 0.717) is 21.9 Å². The Morgan fingerprint density at radius 1 is 1.17 bits per heavy atom. The van der Waals surface area contributed by atoms with E-state index in [1.165, 1.54) is 28.8 Å². The number of aromatic nitrogens is 4. The number of rotatable bonds is 6. The van der Waals surface area contributed by atoms with Gasteiger partial charge in [-0.05, 0) is 34.7 Å². The van der Waals surface area contributed by atoms with Gasteiger partial charge in [-0.15, -0.1) is 16.9 Å². The highest BCUT2D eigenvalue weighted by atomic mass is 32.2. The molecule has 0 aliphatic carbocycles. The number of carbonyl (C=O) groups excluding carboxylic acids is 1. The topological polar surface area (TPSA) is 69.9 Å². The molecule has 0 amide bonds. The predicted octanol–water partition coefficient (Wildman–Crippen LogP) is 2.75. The van der Waals surface area contributed by atoms with Crippen molar-refractivity contribution in [1.29, 1.82) is 0 Å². The summed E-state index contributed by atoms with van der Waals surface area (Å²) in [7, 11) is 0. The summed E-state index contributed by atoms with van der Waals surface area (Å²) in [6.07, 6.45) is 1.40. The fourth-order valence-corrected chi connectivity index (χ4v) is 2.81. The number of thioether (sulfide) groups is 1. The molecular weight excluding hydrogens is 331 g/mol. The lowest BCUT2D eigenvalue weighted by molar-refractivity contribution is 0.0530. The van der Waals surface area contributed by atoms with Crippen molar-refractivity contribution in [1.82, 2.24) is 20.2 Å². The van der Waals surface area contributed by atoms with Gasteiger partial charge in [0.25, 0.3) is 0 Å². The summed E-state index contributed by atoms with van der Waals surface area (Å²) in [5.74, 6) is -0.298. The molecule has 0 saturated heterocycles. The first-order valence-corrected chi connectivity index (χ1v) is 8.11. The minimum absolute atomic E-state index is 0.168. The Bertz CT molecular complexity index is 826. The number of hydrogen-bond donors (Lipinski definition) is 0. The van der Waals surface area contributed by atoms with Gasteiger partial charge in [0, 0.05) is 10.6 Å². The van der Waals surface area contributed by atoms with E-state index in [0.717, 1.165) is 0 Å². The molecule has 0 unspecified atom stereocenters. The molecule has 0 aliphatic heterocycles. The lowest BCUT2D eigenvalue weighted by Gasteiger charge is -2.09. The fourth-order valence-electron chi connectivity index (χ4n) is 2.04. The maximum absolute atomic E-state index is 13.5. The zero-order chi connectivity index (χ0) is 16.8. The average molecular weight is 344 g/mol. The van der Waals surface area contributed by atoms with Crippen LogP contribution in [0.5, 0.6) is 0 Å². The van der Waals surface area contributed by atoms with Crippen LogP contribution in [0.15, 0.2) is 59.8 Å². The molecule has 0 aliphatic rings. The van der Waals surface area contributed by atoms with Crippen molar-refractivity contribution in [3.05, 3.63) is 66.2 Å². The summed E-state index contributed by atoms with van der Waals surface area (Å²) in [5, 5.41) is 10.9. The summed E-state index contributed by atoms with van der Waals surface area (Å²) in [6, 6.07) is 13.4. The standard InChI is InChI=1S/C16H13FN4O2S/c17-13-6-2-4-8-15(13)24-10-9-23-16(22)12-5-1-3-7-14(12)21-11-18-19-20-21/h1-8,11H,9-10H2. The van der Waals surface area contributed by atoms with Crippen molar-refractivity contribution in [2.45, 2.75) is 4.90 Å². The maximum Gasteiger partial charge on any atom is 0.340 e. The second kappa shape index (κ2) is 7.69. The Balaban J connectivity index is 1.59. The Hall–Kier alpha value is -2.74. The average Bonchev–Trinajstić information content (AvgIpc) is 3.14. The first-order chi connectivity index (χ1) is 11.8. The van der Waals surface area contributed by atoms with Crippen molar-refractivity contribution < 1.29 is 13.9 Å². The molecule has 2 aromatic carbocycles. The highest BCUT2D eigenvalue weighted by molar-refractivity contribution is 7.99. The maximum atomic E-state index is 13.5. The molecule has 24 heavy (non-hydrogen) atoms. The number of nitrogens with zero attached hydrogens (tertiary/aromatic N) is 4. The van der Waals surface area contributed by atoms with Crippen LogP contribution in [-0.4, -0.2) is 38.5 Å². The van der Waals surface area contributed by atoms with Crippen LogP contribution in [-0.2, 0) is 4.74 Å². The van der Waals surface area contributed by atoms with Crippen LogP contribution in [0, 0.1) is 5.82 Å². The Labute approximate surface area is 141 Å². The molecule has 0 N–H and O–H groups in total. The van der Waals surface area contributed by atoms with E-state index in [1.807, 2.05) is 0 Å². The smallest absolute Gasteiger partial charge is 0.340 e. The quantitative estimate of drug-likeness (QED) is 0.389. The van der Waals surface area contributed by atoms with Gasteiger partial charge in [0.2, 0.25) is 0 Å². The fraction of sp³-hybridized carbons (Fsp3) is 0.125. The molecule has 3 rings (SSSR count). The molecule has 8 heteroatoms. The van der Waals surface area contributed by atoms with Crippen LogP contribution in [0.4, 0.5) is 4.39 Å². The number of esters is 1. The Kier molecular flexibility index (Phi) is 5.17. The third kappa shape index (κ3) is 3.77. The van der Waals surface area contributed by atoms with Gasteiger partial charge in [-0.25, -0.2) is 9.18 Å².